The summed E-state index contributed by atoms with van der Waals surface area (Å²) in [5.74, 6) is 0.199. The molecule has 90 valence electrons. The van der Waals surface area contributed by atoms with Crippen molar-refractivity contribution in [2.75, 3.05) is 0 Å². The lowest BCUT2D eigenvalue weighted by molar-refractivity contribution is 0.308. The predicted molar refractivity (Wildman–Crippen MR) is 70.6 cm³/mol. The van der Waals surface area contributed by atoms with E-state index in [2.05, 4.69) is 15.9 Å². The number of benzene rings is 1. The van der Waals surface area contributed by atoms with E-state index in [1.807, 2.05) is 12.1 Å². The van der Waals surface area contributed by atoms with Crippen molar-refractivity contribution in [2.45, 2.75) is 13.2 Å². The van der Waals surface area contributed by atoms with Gasteiger partial charge in [-0.15, -0.1) is 11.3 Å². The average Bonchev–Trinajstić information content (AvgIpc) is 2.79. The van der Waals surface area contributed by atoms with Gasteiger partial charge in [0, 0.05) is 22.4 Å². The highest BCUT2D eigenvalue weighted by molar-refractivity contribution is 9.10. The molecule has 0 amide bonds. The first-order valence-corrected chi connectivity index (χ1v) is 6.65. The molecular weight excluding hydrogens is 305 g/mol. The molecule has 0 saturated carbocycles. The third-order valence-corrected chi connectivity index (χ3v) is 3.91. The molecule has 2 aromatic rings. The van der Waals surface area contributed by atoms with Gasteiger partial charge in [-0.1, -0.05) is 0 Å². The Hall–Kier alpha value is -0.910. The molecule has 2 N–H and O–H groups in total. The van der Waals surface area contributed by atoms with E-state index in [9.17, 15) is 4.39 Å². The van der Waals surface area contributed by atoms with Crippen molar-refractivity contribution in [1.29, 1.82) is 0 Å². The molecule has 0 fully saturated rings. The van der Waals surface area contributed by atoms with Crippen LogP contribution in [-0.4, -0.2) is 0 Å². The fraction of sp³-hybridized carbons (Fsp3) is 0.167. The summed E-state index contributed by atoms with van der Waals surface area (Å²) in [6.45, 7) is 0.976. The maximum Gasteiger partial charge on any atom is 0.141 e. The van der Waals surface area contributed by atoms with Gasteiger partial charge < -0.3 is 10.5 Å². The van der Waals surface area contributed by atoms with Crippen LogP contribution in [0.1, 0.15) is 9.75 Å². The largest absolute Gasteiger partial charge is 0.488 e. The van der Waals surface area contributed by atoms with Crippen molar-refractivity contribution in [2.24, 2.45) is 5.73 Å². The summed E-state index contributed by atoms with van der Waals surface area (Å²) in [4.78, 5) is 2.19. The van der Waals surface area contributed by atoms with Gasteiger partial charge in [0.25, 0.3) is 0 Å². The minimum atomic E-state index is -0.323. The minimum Gasteiger partial charge on any atom is -0.488 e. The quantitative estimate of drug-likeness (QED) is 0.934. The Morgan fingerprint density at radius 2 is 2.00 bits per heavy atom. The molecule has 17 heavy (non-hydrogen) atoms. The van der Waals surface area contributed by atoms with Crippen molar-refractivity contribution in [3.63, 3.8) is 0 Å². The summed E-state index contributed by atoms with van der Waals surface area (Å²) in [6.07, 6.45) is 0. The molecule has 0 aliphatic heterocycles. The van der Waals surface area contributed by atoms with Crippen molar-refractivity contribution in [1.82, 2.24) is 0 Å². The SMILES string of the molecule is NCc1ccc(COc2ccc(Br)c(F)c2)s1. The average molecular weight is 316 g/mol. The number of hydrogen-bond acceptors (Lipinski definition) is 3. The van der Waals surface area contributed by atoms with Crippen LogP contribution in [0, 0.1) is 5.82 Å². The standard InChI is InChI=1S/C12H11BrFNOS/c13-11-4-1-8(5-12(11)14)16-7-10-3-2-9(6-15)17-10/h1-5H,6-7,15H2. The van der Waals surface area contributed by atoms with Crippen LogP contribution in [0.5, 0.6) is 5.75 Å². The summed E-state index contributed by atoms with van der Waals surface area (Å²) in [6, 6.07) is 8.67. The van der Waals surface area contributed by atoms with E-state index in [0.717, 1.165) is 9.75 Å². The van der Waals surface area contributed by atoms with E-state index in [1.165, 1.54) is 6.07 Å². The first-order chi connectivity index (χ1) is 8.19. The highest BCUT2D eigenvalue weighted by Crippen LogP contribution is 2.23. The lowest BCUT2D eigenvalue weighted by Crippen LogP contribution is -1.94. The number of thiophene rings is 1. The van der Waals surface area contributed by atoms with Gasteiger partial charge in [0.2, 0.25) is 0 Å². The number of hydrogen-bond donors (Lipinski definition) is 1. The number of nitrogens with two attached hydrogens (primary N) is 1. The van der Waals surface area contributed by atoms with Crippen LogP contribution in [0.2, 0.25) is 0 Å². The third kappa shape index (κ3) is 3.28. The molecular formula is C12H11BrFNOS. The van der Waals surface area contributed by atoms with E-state index in [-0.39, 0.29) is 5.82 Å². The summed E-state index contributed by atoms with van der Waals surface area (Å²) < 4.78 is 19.2. The lowest BCUT2D eigenvalue weighted by atomic mass is 10.3. The van der Waals surface area contributed by atoms with Crippen molar-refractivity contribution in [3.8, 4) is 5.75 Å². The zero-order chi connectivity index (χ0) is 12.3. The van der Waals surface area contributed by atoms with E-state index in [4.69, 9.17) is 10.5 Å². The van der Waals surface area contributed by atoms with Gasteiger partial charge in [-0.2, -0.15) is 0 Å². The topological polar surface area (TPSA) is 35.2 Å². The summed E-state index contributed by atoms with van der Waals surface area (Å²) in [5, 5.41) is 0. The summed E-state index contributed by atoms with van der Waals surface area (Å²) >= 11 is 4.70. The van der Waals surface area contributed by atoms with Crippen LogP contribution in [0.4, 0.5) is 4.39 Å². The van der Waals surface area contributed by atoms with Gasteiger partial charge in [0.15, 0.2) is 0 Å². The first-order valence-electron chi connectivity index (χ1n) is 5.04. The zero-order valence-electron chi connectivity index (χ0n) is 8.95. The first kappa shape index (κ1) is 12.5. The fourth-order valence-electron chi connectivity index (χ4n) is 1.33. The summed E-state index contributed by atoms with van der Waals surface area (Å²) in [5.41, 5.74) is 5.52. The molecule has 1 aromatic carbocycles. The Morgan fingerprint density at radius 1 is 1.24 bits per heavy atom. The van der Waals surface area contributed by atoms with Crippen LogP contribution in [0.25, 0.3) is 0 Å². The molecule has 0 bridgehead atoms. The zero-order valence-corrected chi connectivity index (χ0v) is 11.4. The van der Waals surface area contributed by atoms with Gasteiger partial charge >= 0.3 is 0 Å². The predicted octanol–water partition coefficient (Wildman–Crippen LogP) is 3.69. The second-order valence-electron chi connectivity index (χ2n) is 3.44. The Balaban J connectivity index is 1.99. The maximum atomic E-state index is 13.2. The Kier molecular flexibility index (Phi) is 4.15. The number of halogens is 2. The van der Waals surface area contributed by atoms with Crippen molar-refractivity contribution in [3.05, 3.63) is 50.4 Å². The maximum absolute atomic E-state index is 13.2. The molecule has 1 heterocycles. The molecule has 0 aliphatic carbocycles. The number of ether oxygens (including phenoxy) is 1. The second-order valence-corrected chi connectivity index (χ2v) is 5.54. The van der Waals surface area contributed by atoms with Crippen molar-refractivity contribution >= 4 is 27.3 Å². The molecule has 2 rings (SSSR count). The van der Waals surface area contributed by atoms with Crippen LogP contribution in [0.15, 0.2) is 34.8 Å². The molecule has 0 radical (unpaired) electrons. The highest BCUT2D eigenvalue weighted by Gasteiger charge is 2.03. The Bertz CT molecular complexity index is 515. The lowest BCUT2D eigenvalue weighted by Gasteiger charge is -2.05. The Labute approximate surface area is 111 Å². The molecule has 0 unspecified atom stereocenters. The van der Waals surface area contributed by atoms with Gasteiger partial charge in [-0.05, 0) is 40.2 Å². The van der Waals surface area contributed by atoms with Gasteiger partial charge in [0.05, 0.1) is 4.47 Å². The fourth-order valence-corrected chi connectivity index (χ4v) is 2.39. The van der Waals surface area contributed by atoms with Crippen LogP contribution in [-0.2, 0) is 13.2 Å². The second kappa shape index (κ2) is 5.62. The molecule has 0 atom stereocenters. The van der Waals surface area contributed by atoms with E-state index in [1.54, 1.807) is 23.5 Å². The molecule has 0 spiro atoms. The monoisotopic (exact) mass is 315 g/mol. The van der Waals surface area contributed by atoms with E-state index >= 15 is 0 Å². The molecule has 0 saturated heterocycles. The Morgan fingerprint density at radius 3 is 2.65 bits per heavy atom. The van der Waals surface area contributed by atoms with E-state index < -0.39 is 0 Å². The van der Waals surface area contributed by atoms with Gasteiger partial charge in [0.1, 0.15) is 18.2 Å². The van der Waals surface area contributed by atoms with Crippen LogP contribution in [0.3, 0.4) is 0 Å². The molecule has 5 heteroatoms. The normalized spacial score (nSPS) is 10.5. The van der Waals surface area contributed by atoms with Crippen LogP contribution >= 0.6 is 27.3 Å². The summed E-state index contributed by atoms with van der Waals surface area (Å²) in [7, 11) is 0. The third-order valence-electron chi connectivity index (χ3n) is 2.19. The minimum absolute atomic E-state index is 0.323. The van der Waals surface area contributed by atoms with Gasteiger partial charge in [-0.3, -0.25) is 0 Å². The smallest absolute Gasteiger partial charge is 0.141 e. The van der Waals surface area contributed by atoms with E-state index in [0.29, 0.717) is 23.4 Å². The van der Waals surface area contributed by atoms with Crippen LogP contribution < -0.4 is 10.5 Å². The molecule has 0 aliphatic rings. The highest BCUT2D eigenvalue weighted by atomic mass is 79.9. The molecule has 2 nitrogen and oxygen atoms in total. The van der Waals surface area contributed by atoms with Gasteiger partial charge in [-0.25, -0.2) is 4.39 Å². The molecule has 1 aromatic heterocycles. The van der Waals surface area contributed by atoms with Crippen molar-refractivity contribution < 1.29 is 9.13 Å². The number of rotatable bonds is 4.